The molecule has 0 atom stereocenters. The first-order chi connectivity index (χ1) is 11.3. The number of hydrogen-bond donors (Lipinski definition) is 0. The summed E-state index contributed by atoms with van der Waals surface area (Å²) in [6.45, 7) is 12.1. The highest BCUT2D eigenvalue weighted by Crippen LogP contribution is 2.58. The molecule has 4 nitrogen and oxygen atoms in total. The summed E-state index contributed by atoms with van der Waals surface area (Å²) in [5, 5.41) is 0. The normalized spacial score (nSPS) is 27.0. The average molecular weight is 337 g/mol. The molecule has 24 heavy (non-hydrogen) atoms. The van der Waals surface area contributed by atoms with Crippen molar-refractivity contribution < 1.29 is 9.53 Å². The quantitative estimate of drug-likeness (QED) is 0.776. The third-order valence-electron chi connectivity index (χ3n) is 7.22. The monoisotopic (exact) mass is 336 g/mol. The van der Waals surface area contributed by atoms with Crippen LogP contribution in [0.2, 0.25) is 0 Å². The molecular weight excluding hydrogens is 300 g/mol. The van der Waals surface area contributed by atoms with Crippen LogP contribution in [-0.2, 0) is 4.74 Å². The van der Waals surface area contributed by atoms with Crippen molar-refractivity contribution in [3.05, 3.63) is 0 Å². The number of likely N-dealkylation sites (tertiary alicyclic amines) is 2. The molecule has 0 aromatic rings. The fourth-order valence-electron chi connectivity index (χ4n) is 5.49. The third-order valence-corrected chi connectivity index (χ3v) is 7.22. The Morgan fingerprint density at radius 3 is 2.12 bits per heavy atom. The molecule has 0 aromatic carbocycles. The van der Waals surface area contributed by atoms with Crippen molar-refractivity contribution in [1.29, 1.82) is 0 Å². The van der Waals surface area contributed by atoms with Crippen LogP contribution in [0.15, 0.2) is 0 Å². The highest BCUT2D eigenvalue weighted by molar-refractivity contribution is 5.70. The van der Waals surface area contributed by atoms with Crippen molar-refractivity contribution in [2.24, 2.45) is 17.3 Å². The molecule has 0 radical (unpaired) electrons. The predicted molar refractivity (Wildman–Crippen MR) is 97.0 cm³/mol. The van der Waals surface area contributed by atoms with Crippen LogP contribution in [0.4, 0.5) is 4.79 Å². The fraction of sp³-hybridized carbons (Fsp3) is 0.950. The first kappa shape index (κ1) is 18.0. The Kier molecular flexibility index (Phi) is 4.89. The molecule has 3 rings (SSSR count). The summed E-state index contributed by atoms with van der Waals surface area (Å²) in [6, 6.07) is 0. The zero-order valence-electron chi connectivity index (χ0n) is 16.3. The maximum absolute atomic E-state index is 13.1. The van der Waals surface area contributed by atoms with Gasteiger partial charge in [0.05, 0.1) is 5.54 Å². The van der Waals surface area contributed by atoms with Crippen LogP contribution < -0.4 is 0 Å². The third kappa shape index (κ3) is 2.95. The maximum atomic E-state index is 13.1. The lowest BCUT2D eigenvalue weighted by Crippen LogP contribution is -2.55. The molecule has 3 aliphatic rings. The van der Waals surface area contributed by atoms with E-state index in [0.717, 1.165) is 38.9 Å². The van der Waals surface area contributed by atoms with Gasteiger partial charge in [0.1, 0.15) is 6.10 Å². The molecule has 1 aliphatic carbocycles. The minimum atomic E-state index is -0.0456. The van der Waals surface area contributed by atoms with Gasteiger partial charge in [0.15, 0.2) is 0 Å². The standard InChI is InChI=1S/C20H36N2O2/c1-15(2)20(16(3)4)13-19(9-6-10-19)14-22(20)18(23)24-17-7-11-21(5)12-8-17/h15-17H,6-14H2,1-5H3. The molecule has 1 saturated carbocycles. The summed E-state index contributed by atoms with van der Waals surface area (Å²) < 4.78 is 6.00. The van der Waals surface area contributed by atoms with Crippen molar-refractivity contribution in [2.75, 3.05) is 26.7 Å². The number of rotatable bonds is 3. The SMILES string of the molecule is CC(C)C1(C(C)C)CC2(CCC2)CN1C(=O)OC1CCN(C)CC1. The van der Waals surface area contributed by atoms with E-state index in [4.69, 9.17) is 4.74 Å². The van der Waals surface area contributed by atoms with Crippen molar-refractivity contribution in [3.8, 4) is 0 Å². The Bertz CT molecular complexity index is 454. The lowest BCUT2D eigenvalue weighted by molar-refractivity contribution is -0.00703. The number of carbonyl (C=O) groups is 1. The second-order valence-corrected chi connectivity index (χ2v) is 9.30. The van der Waals surface area contributed by atoms with E-state index in [0.29, 0.717) is 17.3 Å². The number of piperidine rings is 1. The Labute approximate surface area is 147 Å². The van der Waals surface area contributed by atoms with Crippen LogP contribution in [0.5, 0.6) is 0 Å². The lowest BCUT2D eigenvalue weighted by atomic mass is 9.62. The van der Waals surface area contributed by atoms with Crippen LogP contribution in [0, 0.1) is 17.3 Å². The number of hydrogen-bond acceptors (Lipinski definition) is 3. The summed E-state index contributed by atoms with van der Waals surface area (Å²) in [5.41, 5.74) is 0.337. The van der Waals surface area contributed by atoms with Crippen molar-refractivity contribution in [2.45, 2.75) is 77.9 Å². The van der Waals surface area contributed by atoms with Gasteiger partial charge in [-0.25, -0.2) is 4.79 Å². The van der Waals surface area contributed by atoms with Crippen LogP contribution >= 0.6 is 0 Å². The van der Waals surface area contributed by atoms with E-state index in [1.807, 2.05) is 0 Å². The first-order valence-corrected chi connectivity index (χ1v) is 9.96. The molecule has 0 aromatic heterocycles. The molecular formula is C20H36N2O2. The molecule has 4 heteroatoms. The Hall–Kier alpha value is -0.770. The van der Waals surface area contributed by atoms with E-state index in [2.05, 4.69) is 44.5 Å². The van der Waals surface area contributed by atoms with Gasteiger partial charge < -0.3 is 14.5 Å². The smallest absolute Gasteiger partial charge is 0.410 e. The number of nitrogens with zero attached hydrogens (tertiary/aromatic N) is 2. The molecule has 0 N–H and O–H groups in total. The molecule has 0 bridgehead atoms. The highest BCUT2D eigenvalue weighted by atomic mass is 16.6. The van der Waals surface area contributed by atoms with Gasteiger partial charge in [0.2, 0.25) is 0 Å². The molecule has 3 fully saturated rings. The second kappa shape index (κ2) is 6.51. The van der Waals surface area contributed by atoms with Gasteiger partial charge in [0, 0.05) is 19.6 Å². The van der Waals surface area contributed by atoms with Gasteiger partial charge in [-0.3, -0.25) is 0 Å². The molecule has 2 aliphatic heterocycles. The van der Waals surface area contributed by atoms with Gasteiger partial charge in [-0.1, -0.05) is 34.1 Å². The van der Waals surface area contributed by atoms with E-state index in [9.17, 15) is 4.79 Å². The summed E-state index contributed by atoms with van der Waals surface area (Å²) in [4.78, 5) is 17.6. The Morgan fingerprint density at radius 2 is 1.67 bits per heavy atom. The molecule has 1 spiro atoms. The topological polar surface area (TPSA) is 32.8 Å². The van der Waals surface area contributed by atoms with E-state index < -0.39 is 0 Å². The van der Waals surface area contributed by atoms with Gasteiger partial charge in [-0.05, 0) is 56.4 Å². The van der Waals surface area contributed by atoms with Crippen molar-refractivity contribution >= 4 is 6.09 Å². The van der Waals surface area contributed by atoms with Crippen molar-refractivity contribution in [1.82, 2.24) is 9.80 Å². The summed E-state index contributed by atoms with van der Waals surface area (Å²) in [7, 11) is 2.14. The Morgan fingerprint density at radius 1 is 1.08 bits per heavy atom. The number of amides is 1. The first-order valence-electron chi connectivity index (χ1n) is 9.96. The minimum absolute atomic E-state index is 0.0387. The van der Waals surface area contributed by atoms with E-state index in [1.54, 1.807) is 0 Å². The highest BCUT2D eigenvalue weighted by Gasteiger charge is 2.59. The van der Waals surface area contributed by atoms with E-state index in [1.165, 1.54) is 19.3 Å². The van der Waals surface area contributed by atoms with Crippen molar-refractivity contribution in [3.63, 3.8) is 0 Å². The summed E-state index contributed by atoms with van der Waals surface area (Å²) in [5.74, 6) is 0.921. The molecule has 2 saturated heterocycles. The summed E-state index contributed by atoms with van der Waals surface area (Å²) >= 11 is 0. The van der Waals surface area contributed by atoms with Gasteiger partial charge >= 0.3 is 6.09 Å². The maximum Gasteiger partial charge on any atom is 0.410 e. The fourth-order valence-corrected chi connectivity index (χ4v) is 5.49. The molecule has 2 heterocycles. The van der Waals surface area contributed by atoms with Crippen LogP contribution in [0.3, 0.4) is 0 Å². The second-order valence-electron chi connectivity index (χ2n) is 9.30. The predicted octanol–water partition coefficient (Wildman–Crippen LogP) is 4.14. The zero-order valence-corrected chi connectivity index (χ0v) is 16.3. The minimum Gasteiger partial charge on any atom is -0.446 e. The molecule has 1 amide bonds. The van der Waals surface area contributed by atoms with Gasteiger partial charge in [-0.15, -0.1) is 0 Å². The average Bonchev–Trinajstić information content (AvgIpc) is 2.88. The molecule has 138 valence electrons. The largest absolute Gasteiger partial charge is 0.446 e. The van der Waals surface area contributed by atoms with Gasteiger partial charge in [-0.2, -0.15) is 0 Å². The molecule has 0 unspecified atom stereocenters. The van der Waals surface area contributed by atoms with E-state index >= 15 is 0 Å². The van der Waals surface area contributed by atoms with Crippen LogP contribution in [-0.4, -0.2) is 54.2 Å². The number of ether oxygens (including phenoxy) is 1. The number of carbonyl (C=O) groups excluding carboxylic acids is 1. The van der Waals surface area contributed by atoms with Crippen LogP contribution in [0.25, 0.3) is 0 Å². The Balaban J connectivity index is 1.76. The van der Waals surface area contributed by atoms with Gasteiger partial charge in [0.25, 0.3) is 0 Å². The summed E-state index contributed by atoms with van der Waals surface area (Å²) in [6.07, 6.45) is 7.05. The lowest BCUT2D eigenvalue weighted by Gasteiger charge is -2.46. The van der Waals surface area contributed by atoms with E-state index in [-0.39, 0.29) is 17.7 Å². The van der Waals surface area contributed by atoms with Crippen LogP contribution in [0.1, 0.15) is 66.2 Å². The zero-order chi connectivity index (χ0) is 17.5.